The predicted octanol–water partition coefficient (Wildman–Crippen LogP) is 2.78. The molecule has 0 bridgehead atoms. The number of hydrogen-bond donors (Lipinski definition) is 1. The molecule has 19 heavy (non-hydrogen) atoms. The molecule has 1 aromatic rings. The van der Waals surface area contributed by atoms with Crippen LogP contribution in [0.15, 0.2) is 29.2 Å². The smallest absolute Gasteiger partial charge is 0.244 e. The largest absolute Gasteiger partial charge is 0.381 e. The average Bonchev–Trinajstić information content (AvgIpc) is 2.27. The minimum Gasteiger partial charge on any atom is -0.381 e. The molecule has 0 aliphatic rings. The van der Waals surface area contributed by atoms with E-state index in [2.05, 4.69) is 26.1 Å². The highest BCUT2D eigenvalue weighted by Crippen LogP contribution is 2.24. The van der Waals surface area contributed by atoms with Crippen LogP contribution in [0.2, 0.25) is 0 Å². The number of benzene rings is 1. The number of hydrogen-bond acceptors (Lipinski definition) is 3. The Balaban J connectivity index is 3.04. The molecule has 0 aliphatic heterocycles. The molecule has 0 spiro atoms. The Morgan fingerprint density at radius 1 is 1.16 bits per heavy atom. The molecule has 1 N–H and O–H groups in total. The molecule has 1 atom stereocenters. The molecule has 1 unspecified atom stereocenters. The van der Waals surface area contributed by atoms with Gasteiger partial charge in [0.1, 0.15) is 4.90 Å². The number of anilines is 1. The maximum absolute atomic E-state index is 12.2. The topological polar surface area (TPSA) is 49.4 Å². The molecule has 0 fully saturated rings. The van der Waals surface area contributed by atoms with Crippen molar-refractivity contribution in [2.75, 3.05) is 19.4 Å². The summed E-state index contributed by atoms with van der Waals surface area (Å²) in [4.78, 5) is 0.329. The Hall–Kier alpha value is -1.07. The van der Waals surface area contributed by atoms with Crippen LogP contribution in [0.5, 0.6) is 0 Å². The molecule has 0 radical (unpaired) electrons. The quantitative estimate of drug-likeness (QED) is 0.874. The molecular formula is C14H24N2O2S. The van der Waals surface area contributed by atoms with E-state index in [9.17, 15) is 8.42 Å². The fourth-order valence-electron chi connectivity index (χ4n) is 2.04. The van der Waals surface area contributed by atoms with Crippen molar-refractivity contribution in [3.8, 4) is 0 Å². The molecule has 0 heterocycles. The van der Waals surface area contributed by atoms with Gasteiger partial charge in [-0.1, -0.05) is 26.0 Å². The first-order valence-electron chi connectivity index (χ1n) is 6.53. The minimum absolute atomic E-state index is 0.235. The van der Waals surface area contributed by atoms with Crippen LogP contribution in [0.1, 0.15) is 27.2 Å². The van der Waals surface area contributed by atoms with Gasteiger partial charge in [-0.15, -0.1) is 0 Å². The van der Waals surface area contributed by atoms with Crippen LogP contribution in [0.4, 0.5) is 5.69 Å². The van der Waals surface area contributed by atoms with Gasteiger partial charge in [0, 0.05) is 20.1 Å². The summed E-state index contributed by atoms with van der Waals surface area (Å²) in [6.07, 6.45) is 0.996. The fraction of sp³-hybridized carbons (Fsp3) is 0.571. The molecule has 5 heteroatoms. The van der Waals surface area contributed by atoms with E-state index in [4.69, 9.17) is 0 Å². The Bertz CT molecular complexity index is 510. The van der Waals surface area contributed by atoms with Gasteiger partial charge in [-0.25, -0.2) is 12.7 Å². The first kappa shape index (κ1) is 16.0. The highest BCUT2D eigenvalue weighted by atomic mass is 32.2. The lowest BCUT2D eigenvalue weighted by Crippen LogP contribution is -2.25. The van der Waals surface area contributed by atoms with Crippen molar-refractivity contribution < 1.29 is 8.42 Å². The highest BCUT2D eigenvalue weighted by Gasteiger charge is 2.21. The van der Waals surface area contributed by atoms with E-state index in [1.54, 1.807) is 26.2 Å². The lowest BCUT2D eigenvalue weighted by Gasteiger charge is -2.21. The molecule has 1 aromatic carbocycles. The van der Waals surface area contributed by atoms with E-state index in [0.717, 1.165) is 6.42 Å². The molecule has 0 aromatic heterocycles. The number of para-hydroxylation sites is 1. The van der Waals surface area contributed by atoms with Gasteiger partial charge < -0.3 is 5.32 Å². The monoisotopic (exact) mass is 284 g/mol. The average molecular weight is 284 g/mol. The molecule has 0 saturated carbocycles. The van der Waals surface area contributed by atoms with Gasteiger partial charge >= 0.3 is 0 Å². The van der Waals surface area contributed by atoms with Gasteiger partial charge in [0.05, 0.1) is 5.69 Å². The van der Waals surface area contributed by atoms with Gasteiger partial charge in [0.2, 0.25) is 10.0 Å². The summed E-state index contributed by atoms with van der Waals surface area (Å²) in [5.41, 5.74) is 0.671. The van der Waals surface area contributed by atoms with E-state index >= 15 is 0 Å². The standard InChI is InChI=1S/C14H24N2O2S/c1-11(2)10-12(3)15-13-8-6-7-9-14(13)19(17,18)16(4)5/h6-9,11-12,15H,10H2,1-5H3. The van der Waals surface area contributed by atoms with Gasteiger partial charge in [0.15, 0.2) is 0 Å². The summed E-state index contributed by atoms with van der Waals surface area (Å²) < 4.78 is 25.7. The van der Waals surface area contributed by atoms with Crippen molar-refractivity contribution in [1.29, 1.82) is 0 Å². The third-order valence-corrected chi connectivity index (χ3v) is 4.75. The summed E-state index contributed by atoms with van der Waals surface area (Å²) in [6, 6.07) is 7.28. The second-order valence-corrected chi connectivity index (χ2v) is 7.58. The van der Waals surface area contributed by atoms with Gasteiger partial charge in [-0.2, -0.15) is 0 Å². The third kappa shape index (κ3) is 4.21. The Labute approximate surface area is 116 Å². The summed E-state index contributed by atoms with van der Waals surface area (Å²) in [5.74, 6) is 0.570. The molecule has 1 rings (SSSR count). The third-order valence-electron chi connectivity index (χ3n) is 2.87. The number of rotatable bonds is 6. The summed E-state index contributed by atoms with van der Waals surface area (Å²) in [7, 11) is -0.320. The Kier molecular flexibility index (Phi) is 5.38. The molecule has 108 valence electrons. The molecule has 0 saturated heterocycles. The minimum atomic E-state index is -3.41. The number of nitrogens with zero attached hydrogens (tertiary/aromatic N) is 1. The summed E-state index contributed by atoms with van der Waals surface area (Å²) in [5, 5.41) is 3.30. The maximum Gasteiger partial charge on any atom is 0.244 e. The van der Waals surface area contributed by atoms with E-state index in [1.807, 2.05) is 12.1 Å². The van der Waals surface area contributed by atoms with Crippen molar-refractivity contribution in [1.82, 2.24) is 4.31 Å². The lowest BCUT2D eigenvalue weighted by atomic mass is 10.1. The zero-order valence-corrected chi connectivity index (χ0v) is 13.2. The first-order chi connectivity index (χ1) is 8.75. The van der Waals surface area contributed by atoms with Crippen LogP contribution in [0, 0.1) is 5.92 Å². The van der Waals surface area contributed by atoms with Crippen LogP contribution in [0.25, 0.3) is 0 Å². The highest BCUT2D eigenvalue weighted by molar-refractivity contribution is 7.89. The van der Waals surface area contributed by atoms with E-state index in [0.29, 0.717) is 16.5 Å². The van der Waals surface area contributed by atoms with Gasteiger partial charge in [0.25, 0.3) is 0 Å². The number of sulfonamides is 1. The van der Waals surface area contributed by atoms with Gasteiger partial charge in [-0.3, -0.25) is 0 Å². The summed E-state index contributed by atoms with van der Waals surface area (Å²) >= 11 is 0. The lowest BCUT2D eigenvalue weighted by molar-refractivity contribution is 0.519. The van der Waals surface area contributed by atoms with Gasteiger partial charge in [-0.05, 0) is 31.4 Å². The van der Waals surface area contributed by atoms with Crippen molar-refractivity contribution in [2.45, 2.75) is 38.1 Å². The zero-order chi connectivity index (χ0) is 14.6. The number of nitrogens with one attached hydrogen (secondary N) is 1. The van der Waals surface area contributed by atoms with E-state index < -0.39 is 10.0 Å². The van der Waals surface area contributed by atoms with Crippen LogP contribution in [0.3, 0.4) is 0 Å². The SMILES string of the molecule is CC(C)CC(C)Nc1ccccc1S(=O)(=O)N(C)C. The van der Waals surface area contributed by atoms with E-state index in [-0.39, 0.29) is 6.04 Å². The van der Waals surface area contributed by atoms with Crippen LogP contribution < -0.4 is 5.32 Å². The van der Waals surface area contributed by atoms with E-state index in [1.165, 1.54) is 4.31 Å². The van der Waals surface area contributed by atoms with Crippen molar-refractivity contribution in [3.63, 3.8) is 0 Å². The molecule has 0 amide bonds. The van der Waals surface area contributed by atoms with Crippen molar-refractivity contribution in [3.05, 3.63) is 24.3 Å². The molecule has 0 aliphatic carbocycles. The fourth-order valence-corrected chi connectivity index (χ4v) is 3.09. The van der Waals surface area contributed by atoms with Crippen LogP contribution >= 0.6 is 0 Å². The van der Waals surface area contributed by atoms with Crippen LogP contribution in [-0.2, 0) is 10.0 Å². The zero-order valence-electron chi connectivity index (χ0n) is 12.3. The van der Waals surface area contributed by atoms with Crippen molar-refractivity contribution >= 4 is 15.7 Å². The van der Waals surface area contributed by atoms with Crippen molar-refractivity contribution in [2.24, 2.45) is 5.92 Å². The normalized spacial score (nSPS) is 13.8. The first-order valence-corrected chi connectivity index (χ1v) is 7.97. The molecule has 4 nitrogen and oxygen atoms in total. The second-order valence-electron chi connectivity index (χ2n) is 5.46. The predicted molar refractivity (Wildman–Crippen MR) is 79.9 cm³/mol. The second kappa shape index (κ2) is 6.39. The maximum atomic E-state index is 12.2. The Morgan fingerprint density at radius 3 is 2.26 bits per heavy atom. The Morgan fingerprint density at radius 2 is 1.74 bits per heavy atom. The molecular weight excluding hydrogens is 260 g/mol. The van der Waals surface area contributed by atoms with Crippen LogP contribution in [-0.4, -0.2) is 32.9 Å². The summed E-state index contributed by atoms with van der Waals surface area (Å²) in [6.45, 7) is 6.38.